The van der Waals surface area contributed by atoms with Crippen molar-refractivity contribution in [1.82, 2.24) is 4.90 Å². The molecule has 6 nitrogen and oxygen atoms in total. The maximum atomic E-state index is 13.0. The van der Waals surface area contributed by atoms with Gasteiger partial charge < -0.3 is 19.8 Å². The van der Waals surface area contributed by atoms with Crippen molar-refractivity contribution in [2.24, 2.45) is 0 Å². The highest BCUT2D eigenvalue weighted by Crippen LogP contribution is 2.33. The maximum Gasteiger partial charge on any atom is 0.416 e. The molecule has 2 aromatic rings. The van der Waals surface area contributed by atoms with Crippen LogP contribution in [0.15, 0.2) is 60.7 Å². The van der Waals surface area contributed by atoms with Crippen molar-refractivity contribution in [2.45, 2.75) is 19.2 Å². The second-order valence-corrected chi connectivity index (χ2v) is 7.10. The van der Waals surface area contributed by atoms with Crippen LogP contribution in [0.4, 0.5) is 13.2 Å². The van der Waals surface area contributed by atoms with Gasteiger partial charge in [-0.2, -0.15) is 13.2 Å². The molecular weight excluding hydrogens is 427 g/mol. The highest BCUT2D eigenvalue weighted by molar-refractivity contribution is 5.89. The Labute approximate surface area is 184 Å². The molecule has 1 atom stereocenters. The number of halogens is 3. The van der Waals surface area contributed by atoms with Gasteiger partial charge in [-0.05, 0) is 44.3 Å². The van der Waals surface area contributed by atoms with Crippen LogP contribution in [-0.2, 0) is 20.5 Å². The number of carboxylic acid groups (broad SMARTS) is 2. The number of nitrogens with zero attached hydrogens (tertiary/aromatic N) is 1. The quantitative estimate of drug-likeness (QED) is 0.577. The molecule has 1 unspecified atom stereocenters. The average molecular weight is 453 g/mol. The molecule has 0 aliphatic heterocycles. The summed E-state index contributed by atoms with van der Waals surface area (Å²) < 4.78 is 44.9. The average Bonchev–Trinajstić information content (AvgIpc) is 2.70. The number of hydrogen-bond donors (Lipinski definition) is 2. The number of rotatable bonds is 8. The van der Waals surface area contributed by atoms with E-state index in [1.807, 2.05) is 50.2 Å². The first-order valence-corrected chi connectivity index (χ1v) is 9.54. The molecule has 0 fully saturated rings. The Morgan fingerprint density at radius 1 is 1.00 bits per heavy atom. The number of ether oxygens (including phenoxy) is 1. The number of carboxylic acids is 2. The van der Waals surface area contributed by atoms with Gasteiger partial charge in [0.1, 0.15) is 6.10 Å². The molecule has 0 spiro atoms. The molecule has 2 N–H and O–H groups in total. The zero-order chi connectivity index (χ0) is 24.3. The van der Waals surface area contributed by atoms with Gasteiger partial charge in [-0.15, -0.1) is 0 Å². The van der Waals surface area contributed by atoms with E-state index in [4.69, 9.17) is 14.9 Å². The highest BCUT2D eigenvalue weighted by atomic mass is 19.4. The van der Waals surface area contributed by atoms with Crippen LogP contribution in [0.2, 0.25) is 0 Å². The van der Waals surface area contributed by atoms with E-state index in [2.05, 4.69) is 0 Å². The summed E-state index contributed by atoms with van der Waals surface area (Å²) in [5.74, 6) is -2.51. The molecule has 0 aliphatic carbocycles. The fourth-order valence-electron chi connectivity index (χ4n) is 2.50. The smallest absolute Gasteiger partial charge is 0.416 e. The molecule has 0 saturated carbocycles. The summed E-state index contributed by atoms with van der Waals surface area (Å²) in [7, 11) is 3.85. The molecule has 0 aliphatic rings. The molecule has 32 heavy (non-hydrogen) atoms. The van der Waals surface area contributed by atoms with Crippen LogP contribution in [0.1, 0.15) is 28.4 Å². The zero-order valence-electron chi connectivity index (χ0n) is 18.0. The van der Waals surface area contributed by atoms with Crippen LogP contribution in [0.5, 0.6) is 0 Å². The Hall–Kier alpha value is -3.17. The third kappa shape index (κ3) is 10.2. The first kappa shape index (κ1) is 26.9. The summed E-state index contributed by atoms with van der Waals surface area (Å²) in [5.41, 5.74) is 1.79. The first-order chi connectivity index (χ1) is 14.9. The van der Waals surface area contributed by atoms with Crippen LogP contribution >= 0.6 is 0 Å². The van der Waals surface area contributed by atoms with Crippen LogP contribution in [0.25, 0.3) is 0 Å². The number of aliphatic carboxylic acids is 2. The molecule has 0 amide bonds. The summed E-state index contributed by atoms with van der Waals surface area (Å²) in [6.45, 7) is 3.10. The van der Waals surface area contributed by atoms with E-state index in [1.54, 1.807) is 6.07 Å². The second-order valence-electron chi connectivity index (χ2n) is 7.10. The van der Waals surface area contributed by atoms with E-state index in [9.17, 15) is 22.8 Å². The Morgan fingerprint density at radius 3 is 2.03 bits per heavy atom. The van der Waals surface area contributed by atoms with Gasteiger partial charge in [0.05, 0.1) is 12.2 Å². The summed E-state index contributed by atoms with van der Waals surface area (Å²) in [6.07, 6.45) is -3.77. The maximum absolute atomic E-state index is 13.0. The van der Waals surface area contributed by atoms with Gasteiger partial charge in [-0.1, -0.05) is 42.0 Å². The predicted molar refractivity (Wildman–Crippen MR) is 113 cm³/mol. The van der Waals surface area contributed by atoms with Gasteiger partial charge in [-0.3, -0.25) is 0 Å². The SMILES string of the molecule is Cc1ccc(C(OCCN(C)C)c2cccc(C(F)(F)F)c2)cc1.O=C(O)/C=C\C(=O)O. The molecule has 0 heterocycles. The lowest BCUT2D eigenvalue weighted by molar-refractivity contribution is -0.137. The second kappa shape index (κ2) is 12.6. The number of benzene rings is 2. The number of carbonyl (C=O) groups is 2. The van der Waals surface area contributed by atoms with Crippen molar-refractivity contribution >= 4 is 11.9 Å². The molecule has 0 radical (unpaired) electrons. The van der Waals surface area contributed by atoms with E-state index < -0.39 is 29.8 Å². The summed E-state index contributed by atoms with van der Waals surface area (Å²) >= 11 is 0. The molecule has 174 valence electrons. The third-order valence-electron chi connectivity index (χ3n) is 4.09. The van der Waals surface area contributed by atoms with Crippen LogP contribution in [0, 0.1) is 6.92 Å². The van der Waals surface area contributed by atoms with E-state index in [0.29, 0.717) is 30.9 Å². The number of likely N-dealkylation sites (N-methyl/N-ethyl adjacent to an activating group) is 1. The lowest BCUT2D eigenvalue weighted by Gasteiger charge is -2.21. The van der Waals surface area contributed by atoms with Gasteiger partial charge >= 0.3 is 18.1 Å². The minimum absolute atomic E-state index is 0.432. The Kier molecular flexibility index (Phi) is 10.6. The van der Waals surface area contributed by atoms with E-state index in [0.717, 1.165) is 17.2 Å². The van der Waals surface area contributed by atoms with Gasteiger partial charge in [0, 0.05) is 18.7 Å². The van der Waals surface area contributed by atoms with Gasteiger partial charge in [0.25, 0.3) is 0 Å². The lowest BCUT2D eigenvalue weighted by Crippen LogP contribution is -2.20. The summed E-state index contributed by atoms with van der Waals surface area (Å²) in [4.78, 5) is 21.1. The largest absolute Gasteiger partial charge is 0.478 e. The zero-order valence-corrected chi connectivity index (χ0v) is 18.0. The van der Waals surface area contributed by atoms with E-state index >= 15 is 0 Å². The van der Waals surface area contributed by atoms with Crippen molar-refractivity contribution in [3.63, 3.8) is 0 Å². The van der Waals surface area contributed by atoms with Crippen LogP contribution < -0.4 is 0 Å². The monoisotopic (exact) mass is 453 g/mol. The minimum Gasteiger partial charge on any atom is -0.478 e. The van der Waals surface area contributed by atoms with Crippen LogP contribution in [-0.4, -0.2) is 54.3 Å². The Bertz CT molecular complexity index is 893. The van der Waals surface area contributed by atoms with E-state index in [-0.39, 0.29) is 0 Å². The molecule has 2 aromatic carbocycles. The lowest BCUT2D eigenvalue weighted by atomic mass is 9.98. The molecule has 0 bridgehead atoms. The number of hydrogen-bond acceptors (Lipinski definition) is 4. The van der Waals surface area contributed by atoms with Gasteiger partial charge in [0.2, 0.25) is 0 Å². The first-order valence-electron chi connectivity index (χ1n) is 9.54. The van der Waals surface area contributed by atoms with Crippen LogP contribution in [0.3, 0.4) is 0 Å². The fourth-order valence-corrected chi connectivity index (χ4v) is 2.50. The molecule has 0 saturated heterocycles. The molecule has 2 rings (SSSR count). The normalized spacial score (nSPS) is 12.3. The van der Waals surface area contributed by atoms with Crippen molar-refractivity contribution in [2.75, 3.05) is 27.2 Å². The Morgan fingerprint density at radius 2 is 1.56 bits per heavy atom. The minimum atomic E-state index is -4.36. The van der Waals surface area contributed by atoms with Gasteiger partial charge in [0.15, 0.2) is 0 Å². The standard InChI is InChI=1S/C19H22F3NO.C4H4O4/c1-14-7-9-15(10-8-14)18(24-12-11-23(2)3)16-5-4-6-17(13-16)19(20,21)22;5-3(6)1-2-4(7)8/h4-10,13,18H,11-12H2,1-3H3;1-2H,(H,5,6)(H,7,8)/b;2-1-. The Balaban J connectivity index is 0.000000547. The highest BCUT2D eigenvalue weighted by Gasteiger charge is 2.31. The van der Waals surface area contributed by atoms with Crippen molar-refractivity contribution < 1.29 is 37.7 Å². The fraction of sp³-hybridized carbons (Fsp3) is 0.304. The predicted octanol–water partition coefficient (Wildman–Crippen LogP) is 4.39. The topological polar surface area (TPSA) is 87.1 Å². The number of alkyl halides is 3. The molecule has 0 aromatic heterocycles. The molecule has 9 heteroatoms. The molecular formula is C23H26F3NO5. The van der Waals surface area contributed by atoms with Crippen molar-refractivity contribution in [3.05, 3.63) is 82.9 Å². The van der Waals surface area contributed by atoms with Crippen molar-refractivity contribution in [1.29, 1.82) is 0 Å². The summed E-state index contributed by atoms with van der Waals surface area (Å²) in [5, 5.41) is 15.6. The number of aryl methyl sites for hydroxylation is 1. The third-order valence-corrected chi connectivity index (χ3v) is 4.09. The van der Waals surface area contributed by atoms with Gasteiger partial charge in [-0.25, -0.2) is 9.59 Å². The van der Waals surface area contributed by atoms with Crippen molar-refractivity contribution in [3.8, 4) is 0 Å². The summed E-state index contributed by atoms with van der Waals surface area (Å²) in [6, 6.07) is 13.0. The van der Waals surface area contributed by atoms with E-state index in [1.165, 1.54) is 12.1 Å².